The monoisotopic (exact) mass is 248 g/mol. The molecule has 0 fully saturated rings. The molecule has 0 spiro atoms. The zero-order valence-corrected chi connectivity index (χ0v) is 10.1. The second-order valence-electron chi connectivity index (χ2n) is 3.66. The van der Waals surface area contributed by atoms with Crippen LogP contribution in [0.25, 0.3) is 0 Å². The van der Waals surface area contributed by atoms with Crippen molar-refractivity contribution < 1.29 is 9.90 Å². The number of carbonyl (C=O) groups is 1. The highest BCUT2D eigenvalue weighted by Crippen LogP contribution is 2.18. The summed E-state index contributed by atoms with van der Waals surface area (Å²) in [5, 5.41) is 16.2. The average molecular weight is 248 g/mol. The zero-order chi connectivity index (χ0) is 12.3. The quantitative estimate of drug-likeness (QED) is 0.873. The van der Waals surface area contributed by atoms with Crippen molar-refractivity contribution >= 4 is 23.0 Å². The molecule has 0 aliphatic rings. The van der Waals surface area contributed by atoms with Crippen molar-refractivity contribution in [1.29, 1.82) is 0 Å². The lowest BCUT2D eigenvalue weighted by Crippen LogP contribution is -2.06. The minimum atomic E-state index is -0.947. The maximum absolute atomic E-state index is 11.0. The second-order valence-corrected chi connectivity index (χ2v) is 4.40. The lowest BCUT2D eigenvalue weighted by molar-refractivity contribution is 0.0698. The number of carboxylic acid groups (broad SMARTS) is 1. The molecule has 0 amide bonds. The van der Waals surface area contributed by atoms with Crippen molar-refractivity contribution in [2.24, 2.45) is 0 Å². The third-order valence-electron chi connectivity index (χ3n) is 2.48. The largest absolute Gasteiger partial charge is 0.478 e. The van der Waals surface area contributed by atoms with Crippen molar-refractivity contribution in [2.75, 3.05) is 5.32 Å². The summed E-state index contributed by atoms with van der Waals surface area (Å²) in [6.45, 7) is 2.65. The van der Waals surface area contributed by atoms with Gasteiger partial charge in [0.25, 0.3) is 0 Å². The van der Waals surface area contributed by atoms with Crippen LogP contribution in [-0.2, 0) is 6.54 Å². The maximum Gasteiger partial charge on any atom is 0.337 e. The SMILES string of the molecule is Cc1cscc1CNc1cnccc1C(=O)O. The highest BCUT2D eigenvalue weighted by molar-refractivity contribution is 7.08. The fourth-order valence-electron chi connectivity index (χ4n) is 1.48. The topological polar surface area (TPSA) is 62.2 Å². The van der Waals surface area contributed by atoms with E-state index in [1.165, 1.54) is 29.6 Å². The van der Waals surface area contributed by atoms with Crippen molar-refractivity contribution in [3.05, 3.63) is 45.9 Å². The van der Waals surface area contributed by atoms with Crippen LogP contribution >= 0.6 is 11.3 Å². The molecule has 0 bridgehead atoms. The van der Waals surface area contributed by atoms with Gasteiger partial charge in [-0.25, -0.2) is 4.79 Å². The smallest absolute Gasteiger partial charge is 0.337 e. The van der Waals surface area contributed by atoms with Gasteiger partial charge in [0.05, 0.1) is 17.4 Å². The van der Waals surface area contributed by atoms with Gasteiger partial charge in [-0.3, -0.25) is 4.98 Å². The summed E-state index contributed by atoms with van der Waals surface area (Å²) in [5.41, 5.74) is 3.18. The predicted octanol–water partition coefficient (Wildman–Crippen LogP) is 2.76. The molecule has 0 aliphatic heterocycles. The summed E-state index contributed by atoms with van der Waals surface area (Å²) in [4.78, 5) is 14.9. The van der Waals surface area contributed by atoms with Crippen LogP contribution in [0.1, 0.15) is 21.5 Å². The molecule has 0 unspecified atom stereocenters. The number of thiophene rings is 1. The third kappa shape index (κ3) is 2.62. The van der Waals surface area contributed by atoms with Gasteiger partial charge in [0, 0.05) is 12.7 Å². The first-order valence-corrected chi connectivity index (χ1v) is 6.05. The number of nitrogens with zero attached hydrogens (tertiary/aromatic N) is 1. The van der Waals surface area contributed by atoms with Crippen LogP contribution in [0.2, 0.25) is 0 Å². The van der Waals surface area contributed by atoms with E-state index in [4.69, 9.17) is 5.11 Å². The number of aromatic nitrogens is 1. The van der Waals surface area contributed by atoms with E-state index in [0.29, 0.717) is 12.2 Å². The molecule has 2 heterocycles. The minimum absolute atomic E-state index is 0.243. The van der Waals surface area contributed by atoms with Crippen LogP contribution < -0.4 is 5.32 Å². The Balaban J connectivity index is 2.14. The Bertz CT molecular complexity index is 537. The van der Waals surface area contributed by atoms with E-state index >= 15 is 0 Å². The van der Waals surface area contributed by atoms with Gasteiger partial charge in [-0.2, -0.15) is 11.3 Å². The molecule has 2 rings (SSSR count). The predicted molar refractivity (Wildman–Crippen MR) is 67.6 cm³/mol. The van der Waals surface area contributed by atoms with Crippen LogP contribution in [0.3, 0.4) is 0 Å². The van der Waals surface area contributed by atoms with Gasteiger partial charge in [-0.15, -0.1) is 0 Å². The number of nitrogens with one attached hydrogen (secondary N) is 1. The molecule has 2 N–H and O–H groups in total. The van der Waals surface area contributed by atoms with E-state index in [-0.39, 0.29) is 5.56 Å². The molecule has 2 aromatic rings. The second kappa shape index (κ2) is 4.97. The van der Waals surface area contributed by atoms with Crippen molar-refractivity contribution in [3.63, 3.8) is 0 Å². The van der Waals surface area contributed by atoms with Crippen LogP contribution in [0.4, 0.5) is 5.69 Å². The molecule has 0 radical (unpaired) electrons. The van der Waals surface area contributed by atoms with Gasteiger partial charge < -0.3 is 10.4 Å². The number of hydrogen-bond donors (Lipinski definition) is 2. The number of rotatable bonds is 4. The average Bonchev–Trinajstić information content (AvgIpc) is 2.72. The Kier molecular flexibility index (Phi) is 3.39. The Morgan fingerprint density at radius 2 is 2.35 bits per heavy atom. The van der Waals surface area contributed by atoms with E-state index in [1.807, 2.05) is 6.92 Å². The van der Waals surface area contributed by atoms with Crippen molar-refractivity contribution in [3.8, 4) is 0 Å². The summed E-state index contributed by atoms with van der Waals surface area (Å²) in [7, 11) is 0. The Labute approximate surface area is 103 Å². The summed E-state index contributed by atoms with van der Waals surface area (Å²) < 4.78 is 0. The number of aromatic carboxylic acids is 1. The highest BCUT2D eigenvalue weighted by Gasteiger charge is 2.09. The Morgan fingerprint density at radius 1 is 1.53 bits per heavy atom. The molecule has 17 heavy (non-hydrogen) atoms. The van der Waals surface area contributed by atoms with Gasteiger partial charge in [-0.1, -0.05) is 0 Å². The normalized spacial score (nSPS) is 10.2. The molecular formula is C12H12N2O2S. The summed E-state index contributed by atoms with van der Waals surface area (Å²) in [5.74, 6) is -0.947. The number of aryl methyl sites for hydroxylation is 1. The van der Waals surface area contributed by atoms with Gasteiger partial charge in [-0.05, 0) is 34.9 Å². The fourth-order valence-corrected chi connectivity index (χ4v) is 2.34. The van der Waals surface area contributed by atoms with Gasteiger partial charge in [0.2, 0.25) is 0 Å². The number of carboxylic acids is 1. The molecular weight excluding hydrogens is 236 g/mol. The van der Waals surface area contributed by atoms with Crippen LogP contribution in [0.5, 0.6) is 0 Å². The van der Waals surface area contributed by atoms with Crippen LogP contribution in [0, 0.1) is 6.92 Å². The first-order valence-electron chi connectivity index (χ1n) is 5.11. The van der Waals surface area contributed by atoms with Gasteiger partial charge in [0.1, 0.15) is 0 Å². The van der Waals surface area contributed by atoms with Crippen molar-refractivity contribution in [2.45, 2.75) is 13.5 Å². The first kappa shape index (κ1) is 11.6. The molecule has 2 aromatic heterocycles. The molecule has 0 aliphatic carbocycles. The van der Waals surface area contributed by atoms with E-state index in [2.05, 4.69) is 21.1 Å². The highest BCUT2D eigenvalue weighted by atomic mass is 32.1. The summed E-state index contributed by atoms with van der Waals surface area (Å²) in [6, 6.07) is 1.49. The van der Waals surface area contributed by atoms with E-state index < -0.39 is 5.97 Å². The summed E-state index contributed by atoms with van der Waals surface area (Å²) in [6.07, 6.45) is 3.01. The van der Waals surface area contributed by atoms with E-state index in [0.717, 1.165) is 0 Å². The molecule has 5 heteroatoms. The third-order valence-corrected chi connectivity index (χ3v) is 3.39. The van der Waals surface area contributed by atoms with Crippen molar-refractivity contribution in [1.82, 2.24) is 4.98 Å². The number of anilines is 1. The Morgan fingerprint density at radius 3 is 3.00 bits per heavy atom. The maximum atomic E-state index is 11.0. The Hall–Kier alpha value is -1.88. The van der Waals surface area contributed by atoms with Gasteiger partial charge >= 0.3 is 5.97 Å². The van der Waals surface area contributed by atoms with E-state index in [9.17, 15) is 4.79 Å². The number of hydrogen-bond acceptors (Lipinski definition) is 4. The lowest BCUT2D eigenvalue weighted by atomic mass is 10.2. The molecule has 0 saturated heterocycles. The molecule has 0 atom stereocenters. The zero-order valence-electron chi connectivity index (χ0n) is 9.30. The van der Waals surface area contributed by atoms with E-state index in [1.54, 1.807) is 11.3 Å². The molecule has 88 valence electrons. The van der Waals surface area contributed by atoms with Gasteiger partial charge in [0.15, 0.2) is 0 Å². The van der Waals surface area contributed by atoms with Crippen LogP contribution in [0.15, 0.2) is 29.2 Å². The fraction of sp³-hybridized carbons (Fsp3) is 0.167. The standard InChI is InChI=1S/C12H12N2O2S/c1-8-6-17-7-9(8)4-14-11-5-13-3-2-10(11)12(15)16/h2-3,5-7,14H,4H2,1H3,(H,15,16). The molecule has 0 saturated carbocycles. The minimum Gasteiger partial charge on any atom is -0.478 e. The lowest BCUT2D eigenvalue weighted by Gasteiger charge is -2.08. The number of pyridine rings is 1. The summed E-state index contributed by atoms with van der Waals surface area (Å²) >= 11 is 1.64. The van der Waals surface area contributed by atoms with Crippen LogP contribution in [-0.4, -0.2) is 16.1 Å². The first-order chi connectivity index (χ1) is 8.18. The molecule has 0 aromatic carbocycles. The molecule has 4 nitrogen and oxygen atoms in total.